The molecule has 0 saturated carbocycles. The lowest BCUT2D eigenvalue weighted by molar-refractivity contribution is 0.235. The molecule has 1 aromatic heterocycles. The highest BCUT2D eigenvalue weighted by atomic mass is 32.2. The fraction of sp³-hybridized carbons (Fsp3) is 0.636. The van der Waals surface area contributed by atoms with Crippen molar-refractivity contribution in [1.82, 2.24) is 4.31 Å². The highest BCUT2D eigenvalue weighted by molar-refractivity contribution is 7.89. The lowest BCUT2D eigenvalue weighted by Crippen LogP contribution is -2.27. The molecule has 0 aliphatic rings. The average Bonchev–Trinajstić information content (AvgIpc) is 2.78. The van der Waals surface area contributed by atoms with Crippen LogP contribution in [-0.4, -0.2) is 31.4 Å². The summed E-state index contributed by atoms with van der Waals surface area (Å²) in [7, 11) is -2.02. The number of furan rings is 1. The molecule has 0 bridgehead atoms. The van der Waals surface area contributed by atoms with Gasteiger partial charge in [0.1, 0.15) is 12.4 Å². The summed E-state index contributed by atoms with van der Waals surface area (Å²) in [5, 5.41) is 8.72. The number of sulfonamides is 1. The van der Waals surface area contributed by atoms with Gasteiger partial charge in [-0.25, -0.2) is 8.42 Å². The molecule has 17 heavy (non-hydrogen) atoms. The summed E-state index contributed by atoms with van der Waals surface area (Å²) in [6.45, 7) is 2.24. The van der Waals surface area contributed by atoms with Crippen molar-refractivity contribution in [3.05, 3.63) is 17.9 Å². The summed E-state index contributed by atoms with van der Waals surface area (Å²) in [4.78, 5) is 0. The minimum Gasteiger partial charge on any atom is -0.446 e. The Hall–Kier alpha value is -0.850. The van der Waals surface area contributed by atoms with Gasteiger partial charge < -0.3 is 9.52 Å². The van der Waals surface area contributed by atoms with Gasteiger partial charge in [0.15, 0.2) is 0 Å². The van der Waals surface area contributed by atoms with E-state index >= 15 is 0 Å². The SMILES string of the molecule is CCCCCN(C)S(=O)(=O)c1ccc(CO)o1. The molecule has 0 aliphatic heterocycles. The number of rotatable bonds is 7. The second-order valence-corrected chi connectivity index (χ2v) is 5.89. The molecule has 98 valence electrons. The highest BCUT2D eigenvalue weighted by Gasteiger charge is 2.23. The quantitative estimate of drug-likeness (QED) is 0.756. The average molecular weight is 261 g/mol. The van der Waals surface area contributed by atoms with Crippen molar-refractivity contribution >= 4 is 10.0 Å². The van der Waals surface area contributed by atoms with E-state index in [-0.39, 0.29) is 17.5 Å². The summed E-state index contributed by atoms with van der Waals surface area (Å²) >= 11 is 0. The summed E-state index contributed by atoms with van der Waals surface area (Å²) < 4.78 is 30.3. The Morgan fingerprint density at radius 1 is 1.35 bits per heavy atom. The van der Waals surface area contributed by atoms with E-state index < -0.39 is 10.0 Å². The molecular formula is C11H19NO4S. The summed E-state index contributed by atoms with van der Waals surface area (Å²) in [5.74, 6) is 0.255. The highest BCUT2D eigenvalue weighted by Crippen LogP contribution is 2.18. The predicted octanol–water partition coefficient (Wildman–Crippen LogP) is 1.58. The maximum Gasteiger partial charge on any atom is 0.276 e. The van der Waals surface area contributed by atoms with Crippen LogP contribution in [0.15, 0.2) is 21.6 Å². The number of nitrogens with zero attached hydrogens (tertiary/aromatic N) is 1. The Kier molecular flexibility index (Phi) is 5.17. The Balaban J connectivity index is 2.73. The van der Waals surface area contributed by atoms with Crippen molar-refractivity contribution < 1.29 is 17.9 Å². The first-order valence-electron chi connectivity index (χ1n) is 5.68. The molecule has 0 spiro atoms. The van der Waals surface area contributed by atoms with Crippen molar-refractivity contribution in [2.75, 3.05) is 13.6 Å². The van der Waals surface area contributed by atoms with Crippen LogP contribution < -0.4 is 0 Å². The Morgan fingerprint density at radius 2 is 2.06 bits per heavy atom. The molecule has 1 rings (SSSR count). The summed E-state index contributed by atoms with van der Waals surface area (Å²) in [6, 6.07) is 2.84. The van der Waals surface area contributed by atoms with Crippen LogP contribution in [0.3, 0.4) is 0 Å². The third-order valence-corrected chi connectivity index (χ3v) is 4.27. The predicted molar refractivity (Wildman–Crippen MR) is 64.0 cm³/mol. The molecule has 1 heterocycles. The van der Waals surface area contributed by atoms with E-state index in [1.807, 2.05) is 0 Å². The number of unbranched alkanes of at least 4 members (excludes halogenated alkanes) is 2. The third-order valence-electron chi connectivity index (χ3n) is 2.53. The van der Waals surface area contributed by atoms with Crippen molar-refractivity contribution in [3.63, 3.8) is 0 Å². The second-order valence-electron chi connectivity index (χ2n) is 3.91. The van der Waals surface area contributed by atoms with Gasteiger partial charge in [-0.1, -0.05) is 19.8 Å². The third kappa shape index (κ3) is 3.55. The monoisotopic (exact) mass is 261 g/mol. The van der Waals surface area contributed by atoms with E-state index in [4.69, 9.17) is 9.52 Å². The van der Waals surface area contributed by atoms with Gasteiger partial charge in [0.2, 0.25) is 5.09 Å². The fourth-order valence-electron chi connectivity index (χ4n) is 1.44. The first kappa shape index (κ1) is 14.2. The van der Waals surface area contributed by atoms with Gasteiger partial charge in [0.05, 0.1) is 0 Å². The number of aliphatic hydroxyl groups excluding tert-OH is 1. The van der Waals surface area contributed by atoms with Gasteiger partial charge in [-0.2, -0.15) is 4.31 Å². The van der Waals surface area contributed by atoms with Crippen LogP contribution in [0.2, 0.25) is 0 Å². The van der Waals surface area contributed by atoms with Gasteiger partial charge >= 0.3 is 0 Å². The van der Waals surface area contributed by atoms with Gasteiger partial charge in [-0.15, -0.1) is 0 Å². The molecule has 5 nitrogen and oxygen atoms in total. The minimum absolute atomic E-state index is 0.111. The smallest absolute Gasteiger partial charge is 0.276 e. The van der Waals surface area contributed by atoms with Crippen molar-refractivity contribution in [2.24, 2.45) is 0 Å². The molecule has 0 aliphatic carbocycles. The topological polar surface area (TPSA) is 70.8 Å². The number of aliphatic hydroxyl groups is 1. The molecule has 0 unspecified atom stereocenters. The molecule has 0 fully saturated rings. The summed E-state index contributed by atoms with van der Waals surface area (Å²) in [5.41, 5.74) is 0. The molecular weight excluding hydrogens is 242 g/mol. The molecule has 0 saturated heterocycles. The summed E-state index contributed by atoms with van der Waals surface area (Å²) in [6.07, 6.45) is 2.88. The van der Waals surface area contributed by atoms with Crippen LogP contribution >= 0.6 is 0 Å². The second kappa shape index (κ2) is 6.18. The molecule has 0 amide bonds. The maximum atomic E-state index is 12.0. The molecule has 0 atom stereocenters. The van der Waals surface area contributed by atoms with Crippen molar-refractivity contribution in [2.45, 2.75) is 37.9 Å². The van der Waals surface area contributed by atoms with Gasteiger partial charge in [0.25, 0.3) is 10.0 Å². The molecule has 1 aromatic rings. The van der Waals surface area contributed by atoms with Gasteiger partial charge in [0, 0.05) is 13.6 Å². The van der Waals surface area contributed by atoms with E-state index in [9.17, 15) is 8.42 Å². The van der Waals surface area contributed by atoms with Crippen LogP contribution in [0.5, 0.6) is 0 Å². The number of hydrogen-bond acceptors (Lipinski definition) is 4. The van der Waals surface area contributed by atoms with Crippen LogP contribution in [0.1, 0.15) is 31.9 Å². The van der Waals surface area contributed by atoms with E-state index in [0.717, 1.165) is 19.3 Å². The molecule has 0 aromatic carbocycles. The van der Waals surface area contributed by atoms with Gasteiger partial charge in [-0.3, -0.25) is 0 Å². The largest absolute Gasteiger partial charge is 0.446 e. The van der Waals surface area contributed by atoms with E-state index in [2.05, 4.69) is 6.92 Å². The van der Waals surface area contributed by atoms with Crippen molar-refractivity contribution in [3.8, 4) is 0 Å². The normalized spacial score (nSPS) is 12.2. The zero-order valence-electron chi connectivity index (χ0n) is 10.2. The van der Waals surface area contributed by atoms with E-state index in [1.165, 1.54) is 23.5 Å². The van der Waals surface area contributed by atoms with E-state index in [0.29, 0.717) is 6.54 Å². The maximum absolute atomic E-state index is 12.0. The zero-order valence-corrected chi connectivity index (χ0v) is 11.0. The van der Waals surface area contributed by atoms with Crippen LogP contribution in [0, 0.1) is 0 Å². The van der Waals surface area contributed by atoms with E-state index in [1.54, 1.807) is 0 Å². The molecule has 6 heteroatoms. The minimum atomic E-state index is -3.55. The first-order chi connectivity index (χ1) is 8.02. The lowest BCUT2D eigenvalue weighted by Gasteiger charge is -2.14. The van der Waals surface area contributed by atoms with Crippen molar-refractivity contribution in [1.29, 1.82) is 0 Å². The Bertz CT molecular complexity index is 438. The van der Waals surface area contributed by atoms with Crippen LogP contribution in [0.25, 0.3) is 0 Å². The lowest BCUT2D eigenvalue weighted by atomic mass is 10.2. The Morgan fingerprint density at radius 3 is 2.59 bits per heavy atom. The number of hydrogen-bond donors (Lipinski definition) is 1. The molecule has 0 radical (unpaired) electrons. The Labute approximate surface area is 102 Å². The fourth-order valence-corrected chi connectivity index (χ4v) is 2.57. The zero-order chi connectivity index (χ0) is 12.9. The molecule has 1 N–H and O–H groups in total. The van der Waals surface area contributed by atoms with Gasteiger partial charge in [-0.05, 0) is 18.6 Å². The standard InChI is InChI=1S/C11H19NO4S/c1-3-4-5-8-12(2)17(14,15)11-7-6-10(9-13)16-11/h6-7,13H,3-5,8-9H2,1-2H3. The first-order valence-corrected chi connectivity index (χ1v) is 7.12. The van der Waals surface area contributed by atoms with Crippen LogP contribution in [-0.2, 0) is 16.6 Å². The van der Waals surface area contributed by atoms with Crippen LogP contribution in [0.4, 0.5) is 0 Å².